The molecule has 0 spiro atoms. The number of nitrogens with one attached hydrogen (secondary N) is 1. The molecule has 1 aromatic rings. The Kier molecular flexibility index (Phi) is 4.54. The van der Waals surface area contributed by atoms with Gasteiger partial charge in [0.25, 0.3) is 0 Å². The number of rotatable bonds is 3. The van der Waals surface area contributed by atoms with E-state index in [9.17, 15) is 0 Å². The summed E-state index contributed by atoms with van der Waals surface area (Å²) < 4.78 is 5.43. The fraction of sp³-hybridized carbons (Fsp3) is 0.500. The Labute approximate surface area is 102 Å². The Bertz CT molecular complexity index is 372. The van der Waals surface area contributed by atoms with Crippen LogP contribution < -0.4 is 5.32 Å². The van der Waals surface area contributed by atoms with E-state index in [0.29, 0.717) is 6.04 Å². The molecule has 0 radical (unpaired) electrons. The van der Waals surface area contributed by atoms with Crippen molar-refractivity contribution < 1.29 is 4.74 Å². The van der Waals surface area contributed by atoms with Crippen LogP contribution in [0.1, 0.15) is 30.4 Å². The highest BCUT2D eigenvalue weighted by molar-refractivity contribution is 5.31. The van der Waals surface area contributed by atoms with Crippen LogP contribution in [0.15, 0.2) is 24.3 Å². The molecule has 3 heteroatoms. The predicted molar refractivity (Wildman–Crippen MR) is 66.5 cm³/mol. The van der Waals surface area contributed by atoms with Crippen molar-refractivity contribution in [2.24, 2.45) is 0 Å². The molecule has 1 aliphatic heterocycles. The summed E-state index contributed by atoms with van der Waals surface area (Å²) in [5.74, 6) is 0. The lowest BCUT2D eigenvalue weighted by Crippen LogP contribution is -2.28. The highest BCUT2D eigenvalue weighted by Gasteiger charge is 2.11. The summed E-state index contributed by atoms with van der Waals surface area (Å²) in [7, 11) is 0. The molecule has 90 valence electrons. The van der Waals surface area contributed by atoms with E-state index < -0.39 is 0 Å². The van der Waals surface area contributed by atoms with Crippen molar-refractivity contribution in [1.82, 2.24) is 5.32 Å². The van der Waals surface area contributed by atoms with Gasteiger partial charge in [-0.1, -0.05) is 12.1 Å². The van der Waals surface area contributed by atoms with E-state index >= 15 is 0 Å². The standard InChI is InChI=1S/C14H18N2O/c15-10-12-3-5-13(6-4-12)11-16-14-2-1-8-17-9-7-14/h3-6,14,16H,1-2,7-9,11H2. The molecule has 1 N–H and O–H groups in total. The molecule has 17 heavy (non-hydrogen) atoms. The molecule has 0 aliphatic carbocycles. The summed E-state index contributed by atoms with van der Waals surface area (Å²) in [6, 6.07) is 10.5. The molecule has 1 aromatic carbocycles. The van der Waals surface area contributed by atoms with Crippen LogP contribution in [0.4, 0.5) is 0 Å². The number of ether oxygens (including phenoxy) is 1. The molecule has 0 aromatic heterocycles. The maximum absolute atomic E-state index is 8.71. The average molecular weight is 230 g/mol. The van der Waals surface area contributed by atoms with Gasteiger partial charge in [0.1, 0.15) is 0 Å². The van der Waals surface area contributed by atoms with Crippen LogP contribution >= 0.6 is 0 Å². The highest BCUT2D eigenvalue weighted by atomic mass is 16.5. The second-order valence-corrected chi connectivity index (χ2v) is 4.43. The van der Waals surface area contributed by atoms with E-state index in [-0.39, 0.29) is 0 Å². The summed E-state index contributed by atoms with van der Waals surface area (Å²) >= 11 is 0. The number of nitriles is 1. The van der Waals surface area contributed by atoms with Gasteiger partial charge in [-0.15, -0.1) is 0 Å². The summed E-state index contributed by atoms with van der Waals surface area (Å²) in [4.78, 5) is 0. The van der Waals surface area contributed by atoms with E-state index in [0.717, 1.165) is 38.2 Å². The normalized spacial score (nSPS) is 20.5. The van der Waals surface area contributed by atoms with E-state index in [2.05, 4.69) is 11.4 Å². The molecule has 1 aliphatic rings. The predicted octanol–water partition coefficient (Wildman–Crippen LogP) is 2.22. The van der Waals surface area contributed by atoms with Gasteiger partial charge in [-0.3, -0.25) is 0 Å². The lowest BCUT2D eigenvalue weighted by atomic mass is 10.1. The summed E-state index contributed by atoms with van der Waals surface area (Å²) in [5, 5.41) is 12.3. The lowest BCUT2D eigenvalue weighted by molar-refractivity contribution is 0.142. The summed E-state index contributed by atoms with van der Waals surface area (Å²) in [6.07, 6.45) is 3.43. The first-order valence-corrected chi connectivity index (χ1v) is 6.18. The summed E-state index contributed by atoms with van der Waals surface area (Å²) in [5.41, 5.74) is 1.95. The van der Waals surface area contributed by atoms with Crippen LogP contribution in [-0.4, -0.2) is 19.3 Å². The quantitative estimate of drug-likeness (QED) is 0.866. The van der Waals surface area contributed by atoms with Gasteiger partial charge in [0, 0.05) is 25.8 Å². The van der Waals surface area contributed by atoms with Crippen molar-refractivity contribution >= 4 is 0 Å². The SMILES string of the molecule is N#Cc1ccc(CNC2CCCOCC2)cc1. The highest BCUT2D eigenvalue weighted by Crippen LogP contribution is 2.09. The fourth-order valence-corrected chi connectivity index (χ4v) is 2.07. The molecule has 2 rings (SSSR count). The van der Waals surface area contributed by atoms with Crippen molar-refractivity contribution in [2.75, 3.05) is 13.2 Å². The number of benzene rings is 1. The molecular formula is C14H18N2O. The molecule has 0 amide bonds. The number of nitrogens with zero attached hydrogens (tertiary/aromatic N) is 1. The summed E-state index contributed by atoms with van der Waals surface area (Å²) in [6.45, 7) is 2.64. The lowest BCUT2D eigenvalue weighted by Gasteiger charge is -2.15. The third-order valence-corrected chi connectivity index (χ3v) is 3.13. The molecule has 1 atom stereocenters. The Morgan fingerprint density at radius 1 is 1.24 bits per heavy atom. The molecule has 3 nitrogen and oxygen atoms in total. The van der Waals surface area contributed by atoms with Gasteiger partial charge in [0.15, 0.2) is 0 Å². The van der Waals surface area contributed by atoms with Gasteiger partial charge in [0.2, 0.25) is 0 Å². The van der Waals surface area contributed by atoms with Gasteiger partial charge in [-0.25, -0.2) is 0 Å². The van der Waals surface area contributed by atoms with Crippen molar-refractivity contribution in [3.63, 3.8) is 0 Å². The first kappa shape index (κ1) is 12.1. The van der Waals surface area contributed by atoms with Crippen molar-refractivity contribution in [3.05, 3.63) is 35.4 Å². The van der Waals surface area contributed by atoms with Crippen LogP contribution in [0.2, 0.25) is 0 Å². The second-order valence-electron chi connectivity index (χ2n) is 4.43. The zero-order chi connectivity index (χ0) is 11.9. The first-order chi connectivity index (χ1) is 8.38. The topological polar surface area (TPSA) is 45.0 Å². The maximum Gasteiger partial charge on any atom is 0.0991 e. The van der Waals surface area contributed by atoms with Crippen molar-refractivity contribution in [2.45, 2.75) is 31.8 Å². The minimum atomic E-state index is 0.563. The molecule has 1 unspecified atom stereocenters. The number of hydrogen-bond donors (Lipinski definition) is 1. The zero-order valence-electron chi connectivity index (χ0n) is 9.98. The Morgan fingerprint density at radius 3 is 2.82 bits per heavy atom. The van der Waals surface area contributed by atoms with Crippen LogP contribution in [0, 0.1) is 11.3 Å². The van der Waals surface area contributed by atoms with Crippen LogP contribution in [-0.2, 0) is 11.3 Å². The minimum absolute atomic E-state index is 0.563. The van der Waals surface area contributed by atoms with Gasteiger partial charge in [-0.2, -0.15) is 5.26 Å². The first-order valence-electron chi connectivity index (χ1n) is 6.18. The molecule has 0 bridgehead atoms. The van der Waals surface area contributed by atoms with E-state index in [4.69, 9.17) is 10.00 Å². The number of hydrogen-bond acceptors (Lipinski definition) is 3. The Hall–Kier alpha value is -1.37. The third kappa shape index (κ3) is 3.85. The Morgan fingerprint density at radius 2 is 2.06 bits per heavy atom. The van der Waals surface area contributed by atoms with Crippen LogP contribution in [0.25, 0.3) is 0 Å². The van der Waals surface area contributed by atoms with Gasteiger partial charge < -0.3 is 10.1 Å². The second kappa shape index (κ2) is 6.39. The molecule has 1 heterocycles. The van der Waals surface area contributed by atoms with Crippen LogP contribution in [0.5, 0.6) is 0 Å². The van der Waals surface area contributed by atoms with E-state index in [1.165, 1.54) is 12.0 Å². The monoisotopic (exact) mass is 230 g/mol. The van der Waals surface area contributed by atoms with Crippen LogP contribution in [0.3, 0.4) is 0 Å². The van der Waals surface area contributed by atoms with Crippen molar-refractivity contribution in [1.29, 1.82) is 5.26 Å². The van der Waals surface area contributed by atoms with E-state index in [1.807, 2.05) is 24.3 Å². The smallest absolute Gasteiger partial charge is 0.0991 e. The Balaban J connectivity index is 1.82. The molecule has 0 saturated carbocycles. The van der Waals surface area contributed by atoms with E-state index in [1.54, 1.807) is 0 Å². The largest absolute Gasteiger partial charge is 0.381 e. The third-order valence-electron chi connectivity index (χ3n) is 3.13. The maximum atomic E-state index is 8.71. The average Bonchev–Trinajstić information content (AvgIpc) is 2.65. The molecule has 1 fully saturated rings. The van der Waals surface area contributed by atoms with Gasteiger partial charge in [-0.05, 0) is 37.0 Å². The van der Waals surface area contributed by atoms with Gasteiger partial charge >= 0.3 is 0 Å². The molecule has 1 saturated heterocycles. The zero-order valence-corrected chi connectivity index (χ0v) is 9.98. The van der Waals surface area contributed by atoms with Crippen molar-refractivity contribution in [3.8, 4) is 6.07 Å². The molecular weight excluding hydrogens is 212 g/mol. The fourth-order valence-electron chi connectivity index (χ4n) is 2.07. The minimum Gasteiger partial charge on any atom is -0.381 e. The van der Waals surface area contributed by atoms with Gasteiger partial charge in [0.05, 0.1) is 11.6 Å².